The molecule has 3 N–H and O–H groups in total. The molecule has 0 unspecified atom stereocenters. The van der Waals surface area contributed by atoms with Crippen molar-refractivity contribution >= 4 is 11.5 Å². The lowest BCUT2D eigenvalue weighted by Crippen LogP contribution is -2.07. The highest BCUT2D eigenvalue weighted by Crippen LogP contribution is 2.21. The smallest absolute Gasteiger partial charge is 0.169 e. The van der Waals surface area contributed by atoms with Crippen LogP contribution in [0, 0.1) is 0 Å². The third kappa shape index (κ3) is 3.04. The highest BCUT2D eigenvalue weighted by atomic mass is 16.5. The Hall–Kier alpha value is -2.49. The summed E-state index contributed by atoms with van der Waals surface area (Å²) in [7, 11) is 1.54. The van der Waals surface area contributed by atoms with Gasteiger partial charge in [0, 0.05) is 17.7 Å². The largest absolute Gasteiger partial charge is 0.508 e. The molecule has 0 spiro atoms. The molecule has 0 radical (unpaired) electrons. The zero-order valence-corrected chi connectivity index (χ0v) is 10.6. The lowest BCUT2D eigenvalue weighted by molar-refractivity contribution is 0.0993. The maximum absolute atomic E-state index is 12.2. The van der Waals surface area contributed by atoms with Gasteiger partial charge in [-0.3, -0.25) is 4.79 Å². The van der Waals surface area contributed by atoms with Gasteiger partial charge in [-0.1, -0.05) is 12.1 Å². The summed E-state index contributed by atoms with van der Waals surface area (Å²) in [5.74, 6) is 0.697. The van der Waals surface area contributed by atoms with Crippen molar-refractivity contribution < 1.29 is 14.6 Å². The van der Waals surface area contributed by atoms with Gasteiger partial charge in [0.2, 0.25) is 0 Å². The zero-order chi connectivity index (χ0) is 13.8. The number of ketones is 1. The second-order valence-corrected chi connectivity index (χ2v) is 4.22. The summed E-state index contributed by atoms with van der Waals surface area (Å²) >= 11 is 0. The molecule has 0 fully saturated rings. The van der Waals surface area contributed by atoms with Crippen molar-refractivity contribution in [3.05, 3.63) is 53.6 Å². The third-order valence-corrected chi connectivity index (χ3v) is 2.86. The Morgan fingerprint density at radius 1 is 1.21 bits per heavy atom. The van der Waals surface area contributed by atoms with E-state index in [4.69, 9.17) is 10.5 Å². The number of nitrogens with two attached hydrogens (primary N) is 1. The summed E-state index contributed by atoms with van der Waals surface area (Å²) in [5.41, 5.74) is 7.52. The molecule has 0 heterocycles. The number of phenols is 1. The lowest BCUT2D eigenvalue weighted by atomic mass is 10.0. The number of carbonyl (C=O) groups is 1. The lowest BCUT2D eigenvalue weighted by Gasteiger charge is -2.07. The molecule has 0 amide bonds. The van der Waals surface area contributed by atoms with E-state index in [1.54, 1.807) is 49.6 Å². The van der Waals surface area contributed by atoms with Gasteiger partial charge >= 0.3 is 0 Å². The van der Waals surface area contributed by atoms with E-state index in [9.17, 15) is 9.90 Å². The Balaban J connectivity index is 2.22. The van der Waals surface area contributed by atoms with Crippen molar-refractivity contribution in [1.29, 1.82) is 0 Å². The van der Waals surface area contributed by atoms with Crippen LogP contribution in [-0.2, 0) is 6.42 Å². The molecular weight excluding hydrogens is 242 g/mol. The van der Waals surface area contributed by atoms with Crippen LogP contribution in [0.1, 0.15) is 15.9 Å². The average molecular weight is 257 g/mol. The van der Waals surface area contributed by atoms with Crippen molar-refractivity contribution in [2.45, 2.75) is 6.42 Å². The summed E-state index contributed by atoms with van der Waals surface area (Å²) in [6, 6.07) is 11.5. The number of rotatable bonds is 4. The fourth-order valence-corrected chi connectivity index (χ4v) is 1.80. The van der Waals surface area contributed by atoms with Crippen LogP contribution in [0.15, 0.2) is 42.5 Å². The minimum Gasteiger partial charge on any atom is -0.508 e. The molecule has 98 valence electrons. The Morgan fingerprint density at radius 2 is 1.89 bits per heavy atom. The molecule has 2 aromatic rings. The number of nitrogen functional groups attached to an aromatic ring is 1. The molecule has 0 saturated carbocycles. The van der Waals surface area contributed by atoms with Crippen LogP contribution < -0.4 is 10.5 Å². The van der Waals surface area contributed by atoms with Crippen LogP contribution in [-0.4, -0.2) is 18.0 Å². The van der Waals surface area contributed by atoms with Crippen LogP contribution in [0.2, 0.25) is 0 Å². The van der Waals surface area contributed by atoms with E-state index in [2.05, 4.69) is 0 Å². The number of methoxy groups -OCH3 is 1. The highest BCUT2D eigenvalue weighted by Gasteiger charge is 2.12. The normalized spacial score (nSPS) is 10.2. The molecule has 0 bridgehead atoms. The maximum atomic E-state index is 12.2. The molecular formula is C15H15NO3. The van der Waals surface area contributed by atoms with E-state index in [0.717, 1.165) is 5.56 Å². The first kappa shape index (κ1) is 13.0. The zero-order valence-electron chi connectivity index (χ0n) is 10.6. The molecule has 4 heteroatoms. The van der Waals surface area contributed by atoms with E-state index >= 15 is 0 Å². The van der Waals surface area contributed by atoms with Gasteiger partial charge in [-0.2, -0.15) is 0 Å². The van der Waals surface area contributed by atoms with E-state index in [0.29, 0.717) is 17.0 Å². The van der Waals surface area contributed by atoms with Crippen LogP contribution in [0.25, 0.3) is 0 Å². The van der Waals surface area contributed by atoms with Gasteiger partial charge in [0.05, 0.1) is 7.11 Å². The molecule has 0 aromatic heterocycles. The van der Waals surface area contributed by atoms with Gasteiger partial charge in [-0.25, -0.2) is 0 Å². The van der Waals surface area contributed by atoms with Gasteiger partial charge < -0.3 is 15.6 Å². The minimum absolute atomic E-state index is 0.0814. The Labute approximate surface area is 111 Å². The number of Topliss-reactive ketones (excluding diaryl/α,β-unsaturated/α-hetero) is 1. The molecule has 0 aliphatic heterocycles. The number of ether oxygens (including phenoxy) is 1. The molecule has 2 rings (SSSR count). The second kappa shape index (κ2) is 5.44. The van der Waals surface area contributed by atoms with Gasteiger partial charge in [0.25, 0.3) is 0 Å². The first-order valence-electron chi connectivity index (χ1n) is 5.85. The number of anilines is 1. The highest BCUT2D eigenvalue weighted by molar-refractivity contribution is 6.02. The average Bonchev–Trinajstić information content (AvgIpc) is 2.42. The maximum Gasteiger partial charge on any atom is 0.169 e. The summed E-state index contributed by atoms with van der Waals surface area (Å²) in [5, 5.41) is 9.20. The number of carbonyl (C=O) groups excluding carboxylic acids is 1. The Kier molecular flexibility index (Phi) is 3.71. The van der Waals surface area contributed by atoms with Crippen molar-refractivity contribution in [2.75, 3.05) is 12.8 Å². The monoisotopic (exact) mass is 257 g/mol. The molecule has 2 aromatic carbocycles. The summed E-state index contributed by atoms with van der Waals surface area (Å²) in [6.45, 7) is 0. The van der Waals surface area contributed by atoms with Gasteiger partial charge in [0.15, 0.2) is 5.78 Å². The second-order valence-electron chi connectivity index (χ2n) is 4.22. The topological polar surface area (TPSA) is 72.5 Å². The van der Waals surface area contributed by atoms with Crippen LogP contribution in [0.3, 0.4) is 0 Å². The van der Waals surface area contributed by atoms with E-state index in [1.807, 2.05) is 0 Å². The first-order chi connectivity index (χ1) is 9.10. The molecule has 0 saturated heterocycles. The predicted octanol–water partition coefficient (Wildman–Crippen LogP) is 2.41. The third-order valence-electron chi connectivity index (χ3n) is 2.86. The number of hydrogen-bond acceptors (Lipinski definition) is 4. The van der Waals surface area contributed by atoms with Crippen molar-refractivity contribution in [3.63, 3.8) is 0 Å². The summed E-state index contributed by atoms with van der Waals surface area (Å²) < 4.78 is 5.09. The number of aromatic hydroxyl groups is 1. The fourth-order valence-electron chi connectivity index (χ4n) is 1.80. The van der Waals surface area contributed by atoms with Gasteiger partial charge in [-0.15, -0.1) is 0 Å². The van der Waals surface area contributed by atoms with Crippen molar-refractivity contribution in [2.24, 2.45) is 0 Å². The molecule has 0 aliphatic rings. The minimum atomic E-state index is -0.0814. The molecule has 0 aliphatic carbocycles. The predicted molar refractivity (Wildman–Crippen MR) is 73.5 cm³/mol. The number of hydrogen-bond donors (Lipinski definition) is 2. The van der Waals surface area contributed by atoms with Crippen LogP contribution in [0.5, 0.6) is 11.5 Å². The van der Waals surface area contributed by atoms with E-state index in [-0.39, 0.29) is 18.0 Å². The Morgan fingerprint density at radius 3 is 2.53 bits per heavy atom. The standard InChI is InChI=1S/C15H15NO3/c1-19-12-6-7-14(16)13(9-12)15(18)8-10-2-4-11(17)5-3-10/h2-7,9,17H,8,16H2,1H3. The SMILES string of the molecule is COc1ccc(N)c(C(=O)Cc2ccc(O)cc2)c1. The fraction of sp³-hybridized carbons (Fsp3) is 0.133. The molecule has 4 nitrogen and oxygen atoms in total. The molecule has 0 atom stereocenters. The summed E-state index contributed by atoms with van der Waals surface area (Å²) in [4.78, 5) is 12.2. The van der Waals surface area contributed by atoms with Crippen LogP contribution >= 0.6 is 0 Å². The molecule has 19 heavy (non-hydrogen) atoms. The van der Waals surface area contributed by atoms with Gasteiger partial charge in [-0.05, 0) is 35.9 Å². The van der Waals surface area contributed by atoms with Crippen LogP contribution in [0.4, 0.5) is 5.69 Å². The van der Waals surface area contributed by atoms with Crippen molar-refractivity contribution in [1.82, 2.24) is 0 Å². The van der Waals surface area contributed by atoms with E-state index in [1.165, 1.54) is 0 Å². The first-order valence-corrected chi connectivity index (χ1v) is 5.85. The van der Waals surface area contributed by atoms with E-state index < -0.39 is 0 Å². The number of benzene rings is 2. The summed E-state index contributed by atoms with van der Waals surface area (Å²) in [6.07, 6.45) is 0.234. The quantitative estimate of drug-likeness (QED) is 0.651. The van der Waals surface area contributed by atoms with Gasteiger partial charge in [0.1, 0.15) is 11.5 Å². The number of phenolic OH excluding ortho intramolecular Hbond substituents is 1. The Bertz CT molecular complexity index is 591. The van der Waals surface area contributed by atoms with Crippen molar-refractivity contribution in [3.8, 4) is 11.5 Å².